The fourth-order valence-electron chi connectivity index (χ4n) is 4.28. The molecular weight excluding hydrogens is 432 g/mol. The van der Waals surface area contributed by atoms with E-state index in [0.717, 1.165) is 0 Å². The number of nitrogens with one attached hydrogen (secondary N) is 1. The van der Waals surface area contributed by atoms with Crippen molar-refractivity contribution in [2.45, 2.75) is 33.6 Å². The Morgan fingerprint density at radius 1 is 1.00 bits per heavy atom. The van der Waals surface area contributed by atoms with Crippen molar-refractivity contribution in [3.63, 3.8) is 0 Å². The van der Waals surface area contributed by atoms with Crippen LogP contribution in [0, 0.1) is 5.41 Å². The molecule has 0 aliphatic heterocycles. The van der Waals surface area contributed by atoms with Crippen molar-refractivity contribution < 1.29 is 19.1 Å². The van der Waals surface area contributed by atoms with Crippen molar-refractivity contribution in [2.24, 2.45) is 5.41 Å². The smallest absolute Gasteiger partial charge is 0.268 e. The second-order valence-corrected chi connectivity index (χ2v) is 9.11. The number of carbonyl (C=O) groups is 2. The average molecular weight is 461 g/mol. The van der Waals surface area contributed by atoms with E-state index in [9.17, 15) is 14.4 Å². The quantitative estimate of drug-likeness (QED) is 0.579. The number of aromatic nitrogens is 1. The molecule has 0 bridgehead atoms. The summed E-state index contributed by atoms with van der Waals surface area (Å²) in [5, 5.41) is 2.76. The van der Waals surface area contributed by atoms with Gasteiger partial charge in [0.1, 0.15) is 17.1 Å². The fraction of sp³-hybridized carbons (Fsp3) is 0.296. The highest BCUT2D eigenvalue weighted by Crippen LogP contribution is 2.35. The maximum absolute atomic E-state index is 13.6. The van der Waals surface area contributed by atoms with Crippen molar-refractivity contribution in [1.82, 2.24) is 4.57 Å². The average Bonchev–Trinajstić information content (AvgIpc) is 2.80. The number of methoxy groups -OCH3 is 1. The summed E-state index contributed by atoms with van der Waals surface area (Å²) in [5.41, 5.74) is 1.27. The maximum Gasteiger partial charge on any atom is 0.268 e. The number of hydrogen-bond donors (Lipinski definition) is 1. The van der Waals surface area contributed by atoms with Crippen molar-refractivity contribution in [3.05, 3.63) is 81.8 Å². The standard InChI is InChI=1S/C27H28N2O5/c1-5-34-20-10-6-17(7-11-20)28-25(31)22-14-21-23(15-27(2,3)16-24(21)30)29(26(22)32)18-8-12-19(33-4)13-9-18/h6-14H,5,15-16H2,1-4H3,(H,28,31). The van der Waals surface area contributed by atoms with Crippen LogP contribution < -0.4 is 20.3 Å². The third-order valence-electron chi connectivity index (χ3n) is 5.89. The van der Waals surface area contributed by atoms with Crippen molar-refractivity contribution in [3.8, 4) is 17.2 Å². The molecule has 1 amide bonds. The fourth-order valence-corrected chi connectivity index (χ4v) is 4.28. The summed E-state index contributed by atoms with van der Waals surface area (Å²) in [4.78, 5) is 39.8. The zero-order valence-electron chi connectivity index (χ0n) is 19.8. The molecule has 0 radical (unpaired) electrons. The number of amides is 1. The number of ketones is 1. The lowest BCUT2D eigenvalue weighted by molar-refractivity contribution is 0.0908. The van der Waals surface area contributed by atoms with Gasteiger partial charge in [0, 0.05) is 29.1 Å². The maximum atomic E-state index is 13.6. The van der Waals surface area contributed by atoms with Gasteiger partial charge in [0.05, 0.1) is 13.7 Å². The first-order chi connectivity index (χ1) is 16.2. The van der Waals surface area contributed by atoms with E-state index in [1.165, 1.54) is 10.6 Å². The molecule has 7 heteroatoms. The van der Waals surface area contributed by atoms with E-state index >= 15 is 0 Å². The minimum Gasteiger partial charge on any atom is -0.497 e. The second-order valence-electron chi connectivity index (χ2n) is 9.11. The summed E-state index contributed by atoms with van der Waals surface area (Å²) in [6.45, 7) is 6.44. The van der Waals surface area contributed by atoms with Crippen LogP contribution >= 0.6 is 0 Å². The normalized spacial score (nSPS) is 14.3. The first kappa shape index (κ1) is 23.3. The van der Waals surface area contributed by atoms with E-state index in [0.29, 0.717) is 53.6 Å². The Labute approximate surface area is 198 Å². The van der Waals surface area contributed by atoms with Crippen LogP contribution in [0.15, 0.2) is 59.4 Å². The first-order valence-electron chi connectivity index (χ1n) is 11.2. The van der Waals surface area contributed by atoms with Gasteiger partial charge in [0.2, 0.25) is 0 Å². The van der Waals surface area contributed by atoms with Crippen LogP contribution in [0.25, 0.3) is 5.69 Å². The molecule has 0 unspecified atom stereocenters. The van der Waals surface area contributed by atoms with E-state index in [4.69, 9.17) is 9.47 Å². The van der Waals surface area contributed by atoms with Gasteiger partial charge >= 0.3 is 0 Å². The predicted molar refractivity (Wildman–Crippen MR) is 131 cm³/mol. The molecule has 0 saturated carbocycles. The highest BCUT2D eigenvalue weighted by atomic mass is 16.5. The zero-order chi connectivity index (χ0) is 24.5. The van der Waals surface area contributed by atoms with Gasteiger partial charge in [-0.15, -0.1) is 0 Å². The van der Waals surface area contributed by atoms with E-state index in [1.807, 2.05) is 20.8 Å². The van der Waals surface area contributed by atoms with Gasteiger partial charge in [-0.05, 0) is 73.4 Å². The number of nitrogens with zero attached hydrogens (tertiary/aromatic N) is 1. The number of anilines is 1. The molecule has 7 nitrogen and oxygen atoms in total. The summed E-state index contributed by atoms with van der Waals surface area (Å²) >= 11 is 0. The Hall–Kier alpha value is -3.87. The van der Waals surface area contributed by atoms with Gasteiger partial charge in [-0.3, -0.25) is 19.0 Å². The van der Waals surface area contributed by atoms with Gasteiger partial charge in [-0.1, -0.05) is 13.8 Å². The summed E-state index contributed by atoms with van der Waals surface area (Å²) in [5.74, 6) is 0.677. The van der Waals surface area contributed by atoms with E-state index in [-0.39, 0.29) is 16.8 Å². The lowest BCUT2D eigenvalue weighted by Gasteiger charge is -2.32. The number of pyridine rings is 1. The Kier molecular flexibility index (Phi) is 6.28. The largest absolute Gasteiger partial charge is 0.497 e. The van der Waals surface area contributed by atoms with E-state index in [1.54, 1.807) is 55.6 Å². The molecule has 0 spiro atoms. The van der Waals surface area contributed by atoms with E-state index in [2.05, 4.69) is 5.32 Å². The van der Waals surface area contributed by atoms with Crippen LogP contribution in [0.2, 0.25) is 0 Å². The number of fused-ring (bicyclic) bond motifs is 1. The molecular formula is C27H28N2O5. The number of benzene rings is 2. The van der Waals surface area contributed by atoms with Crippen LogP contribution in [-0.4, -0.2) is 30.0 Å². The molecule has 176 valence electrons. The molecule has 2 aromatic carbocycles. The molecule has 34 heavy (non-hydrogen) atoms. The second kappa shape index (κ2) is 9.17. The Morgan fingerprint density at radius 3 is 2.26 bits per heavy atom. The summed E-state index contributed by atoms with van der Waals surface area (Å²) in [6.07, 6.45) is 0.886. The van der Waals surface area contributed by atoms with Gasteiger partial charge < -0.3 is 14.8 Å². The van der Waals surface area contributed by atoms with Crippen LogP contribution in [0.4, 0.5) is 5.69 Å². The SMILES string of the molecule is CCOc1ccc(NC(=O)c2cc3c(n(-c4ccc(OC)cc4)c2=O)CC(C)(C)CC3=O)cc1. The van der Waals surface area contributed by atoms with Crippen molar-refractivity contribution in [1.29, 1.82) is 0 Å². The number of carbonyl (C=O) groups excluding carboxylic acids is 2. The molecule has 0 fully saturated rings. The van der Waals surface area contributed by atoms with Crippen LogP contribution in [0.3, 0.4) is 0 Å². The number of hydrogen-bond acceptors (Lipinski definition) is 5. The molecule has 1 aliphatic rings. The van der Waals surface area contributed by atoms with Crippen molar-refractivity contribution in [2.75, 3.05) is 19.0 Å². The monoisotopic (exact) mass is 460 g/mol. The minimum absolute atomic E-state index is 0.0800. The Balaban J connectivity index is 1.80. The molecule has 1 aromatic heterocycles. The minimum atomic E-state index is -0.572. The number of Topliss-reactive ketones (excluding diaryl/α,β-unsaturated/α-hetero) is 1. The van der Waals surface area contributed by atoms with Crippen molar-refractivity contribution >= 4 is 17.4 Å². The van der Waals surface area contributed by atoms with Crippen LogP contribution in [0.5, 0.6) is 11.5 Å². The molecule has 0 saturated heterocycles. The van der Waals surface area contributed by atoms with Gasteiger partial charge in [-0.25, -0.2) is 0 Å². The third kappa shape index (κ3) is 4.59. The van der Waals surface area contributed by atoms with Gasteiger partial charge in [0.25, 0.3) is 11.5 Å². The topological polar surface area (TPSA) is 86.6 Å². The Bertz CT molecular complexity index is 1290. The molecule has 3 aromatic rings. The predicted octanol–water partition coefficient (Wildman–Crippen LogP) is 4.65. The van der Waals surface area contributed by atoms with E-state index < -0.39 is 11.5 Å². The molecule has 1 aliphatic carbocycles. The molecule has 1 N–H and O–H groups in total. The number of rotatable bonds is 6. The Morgan fingerprint density at radius 2 is 1.65 bits per heavy atom. The zero-order valence-corrected chi connectivity index (χ0v) is 19.8. The lowest BCUT2D eigenvalue weighted by Crippen LogP contribution is -2.37. The third-order valence-corrected chi connectivity index (χ3v) is 5.89. The van der Waals surface area contributed by atoms with Crippen LogP contribution in [0.1, 0.15) is 53.6 Å². The summed E-state index contributed by atoms with van der Waals surface area (Å²) in [6, 6.07) is 15.3. The highest BCUT2D eigenvalue weighted by Gasteiger charge is 2.35. The first-order valence-corrected chi connectivity index (χ1v) is 11.2. The summed E-state index contributed by atoms with van der Waals surface area (Å²) in [7, 11) is 1.57. The van der Waals surface area contributed by atoms with Crippen LogP contribution in [-0.2, 0) is 6.42 Å². The van der Waals surface area contributed by atoms with Gasteiger partial charge in [0.15, 0.2) is 5.78 Å². The van der Waals surface area contributed by atoms with Gasteiger partial charge in [-0.2, -0.15) is 0 Å². The molecule has 0 atom stereocenters. The lowest BCUT2D eigenvalue weighted by atomic mass is 9.75. The summed E-state index contributed by atoms with van der Waals surface area (Å²) < 4.78 is 12.2. The number of ether oxygens (including phenoxy) is 2. The molecule has 1 heterocycles. The highest BCUT2D eigenvalue weighted by molar-refractivity contribution is 6.07. The molecule has 4 rings (SSSR count).